The van der Waals surface area contributed by atoms with Gasteiger partial charge in [0, 0.05) is 37.0 Å². The highest BCUT2D eigenvalue weighted by molar-refractivity contribution is 5.24. The second kappa shape index (κ2) is 6.26. The van der Waals surface area contributed by atoms with Crippen molar-refractivity contribution in [1.82, 2.24) is 15.3 Å². The molecule has 0 atom stereocenters. The molecule has 96 valence electrons. The van der Waals surface area contributed by atoms with E-state index in [2.05, 4.69) is 15.3 Å². The number of aromatic nitrogens is 2. The number of rotatable bonds is 6. The summed E-state index contributed by atoms with van der Waals surface area (Å²) < 4.78 is 25.0. The summed E-state index contributed by atoms with van der Waals surface area (Å²) >= 11 is 0. The Morgan fingerprint density at radius 2 is 2.22 bits per heavy atom. The van der Waals surface area contributed by atoms with E-state index in [-0.39, 0.29) is 5.56 Å². The van der Waals surface area contributed by atoms with Gasteiger partial charge in [-0.05, 0) is 11.6 Å². The first-order chi connectivity index (χ1) is 8.75. The second-order valence-electron chi connectivity index (χ2n) is 4.05. The van der Waals surface area contributed by atoms with E-state index in [1.165, 1.54) is 12.1 Å². The third-order valence-electron chi connectivity index (χ3n) is 2.66. The number of alkyl halides is 2. The standard InChI is InChI=1S/C13H15F2N3/c14-13(15)11-3-1-2-10(6-11)7-16-5-4-12-8-17-9-18-12/h1-3,6,8-9,13,16H,4-5,7H2,(H,17,18). The Morgan fingerprint density at radius 3 is 2.94 bits per heavy atom. The summed E-state index contributed by atoms with van der Waals surface area (Å²) in [7, 11) is 0. The van der Waals surface area contributed by atoms with Crippen LogP contribution in [0.3, 0.4) is 0 Å². The fourth-order valence-corrected chi connectivity index (χ4v) is 1.72. The predicted octanol–water partition coefficient (Wildman–Crippen LogP) is 2.68. The maximum atomic E-state index is 12.5. The predicted molar refractivity (Wildman–Crippen MR) is 65.4 cm³/mol. The van der Waals surface area contributed by atoms with Gasteiger partial charge >= 0.3 is 0 Å². The van der Waals surface area contributed by atoms with Crippen LogP contribution >= 0.6 is 0 Å². The van der Waals surface area contributed by atoms with Crippen molar-refractivity contribution < 1.29 is 8.78 Å². The molecule has 1 aromatic carbocycles. The summed E-state index contributed by atoms with van der Waals surface area (Å²) in [6.45, 7) is 1.37. The summed E-state index contributed by atoms with van der Waals surface area (Å²) in [4.78, 5) is 6.93. The second-order valence-corrected chi connectivity index (χ2v) is 4.05. The molecule has 0 amide bonds. The third kappa shape index (κ3) is 3.63. The summed E-state index contributed by atoms with van der Waals surface area (Å²) in [5.41, 5.74) is 2.00. The Bertz CT molecular complexity index is 469. The quantitative estimate of drug-likeness (QED) is 0.775. The summed E-state index contributed by atoms with van der Waals surface area (Å²) in [6.07, 6.45) is 1.85. The lowest BCUT2D eigenvalue weighted by atomic mass is 10.1. The molecule has 5 heteroatoms. The molecule has 0 fully saturated rings. The molecule has 0 aliphatic rings. The molecule has 1 heterocycles. The Kier molecular flexibility index (Phi) is 4.41. The van der Waals surface area contributed by atoms with Gasteiger partial charge in [-0.15, -0.1) is 0 Å². The van der Waals surface area contributed by atoms with Crippen LogP contribution in [0.4, 0.5) is 8.78 Å². The molecule has 0 saturated carbocycles. The molecule has 1 aromatic heterocycles. The average molecular weight is 251 g/mol. The molecule has 18 heavy (non-hydrogen) atoms. The average Bonchev–Trinajstić information content (AvgIpc) is 2.88. The molecule has 0 spiro atoms. The first kappa shape index (κ1) is 12.7. The van der Waals surface area contributed by atoms with Crippen LogP contribution < -0.4 is 5.32 Å². The molecular formula is C13H15F2N3. The molecule has 0 unspecified atom stereocenters. The zero-order valence-corrected chi connectivity index (χ0v) is 9.87. The summed E-state index contributed by atoms with van der Waals surface area (Å²) in [5, 5.41) is 3.21. The number of benzene rings is 1. The zero-order chi connectivity index (χ0) is 12.8. The third-order valence-corrected chi connectivity index (χ3v) is 2.66. The number of nitrogens with one attached hydrogen (secondary N) is 2. The van der Waals surface area contributed by atoms with E-state index in [0.29, 0.717) is 6.54 Å². The van der Waals surface area contributed by atoms with Crippen LogP contribution in [-0.4, -0.2) is 16.5 Å². The summed E-state index contributed by atoms with van der Waals surface area (Å²) in [6, 6.07) is 6.48. The maximum Gasteiger partial charge on any atom is 0.263 e. The summed E-state index contributed by atoms with van der Waals surface area (Å²) in [5.74, 6) is 0. The Hall–Kier alpha value is -1.75. The highest BCUT2D eigenvalue weighted by Gasteiger charge is 2.06. The Labute approximate surface area is 104 Å². The highest BCUT2D eigenvalue weighted by atomic mass is 19.3. The minimum absolute atomic E-state index is 0.0721. The molecule has 0 radical (unpaired) electrons. The minimum atomic E-state index is -2.41. The van der Waals surface area contributed by atoms with Gasteiger partial charge in [0.25, 0.3) is 6.43 Å². The van der Waals surface area contributed by atoms with Gasteiger partial charge in [-0.3, -0.25) is 0 Å². The van der Waals surface area contributed by atoms with Crippen molar-refractivity contribution in [1.29, 1.82) is 0 Å². The van der Waals surface area contributed by atoms with Gasteiger partial charge in [-0.1, -0.05) is 18.2 Å². The van der Waals surface area contributed by atoms with Gasteiger partial charge in [0.2, 0.25) is 0 Å². The molecule has 2 N–H and O–H groups in total. The van der Waals surface area contributed by atoms with Crippen LogP contribution in [0.15, 0.2) is 36.8 Å². The molecule has 2 rings (SSSR count). The number of nitrogens with zero attached hydrogens (tertiary/aromatic N) is 1. The smallest absolute Gasteiger partial charge is 0.263 e. The zero-order valence-electron chi connectivity index (χ0n) is 9.87. The Balaban J connectivity index is 1.78. The van der Waals surface area contributed by atoms with Crippen molar-refractivity contribution in [2.75, 3.05) is 6.54 Å². The van der Waals surface area contributed by atoms with Crippen LogP contribution in [0.5, 0.6) is 0 Å². The van der Waals surface area contributed by atoms with E-state index >= 15 is 0 Å². The molecule has 0 aliphatic carbocycles. The maximum absolute atomic E-state index is 12.5. The lowest BCUT2D eigenvalue weighted by Gasteiger charge is -2.06. The van der Waals surface area contributed by atoms with Crippen molar-refractivity contribution in [3.8, 4) is 0 Å². The molecule has 3 nitrogen and oxygen atoms in total. The first-order valence-electron chi connectivity index (χ1n) is 5.80. The molecule has 2 aromatic rings. The van der Waals surface area contributed by atoms with Crippen molar-refractivity contribution in [2.24, 2.45) is 0 Å². The SMILES string of the molecule is FC(F)c1cccc(CNCCc2cnc[nH]2)c1. The van der Waals surface area contributed by atoms with Crippen molar-refractivity contribution >= 4 is 0 Å². The van der Waals surface area contributed by atoms with E-state index in [9.17, 15) is 8.78 Å². The van der Waals surface area contributed by atoms with E-state index in [1.54, 1.807) is 18.6 Å². The van der Waals surface area contributed by atoms with E-state index in [4.69, 9.17) is 0 Å². The van der Waals surface area contributed by atoms with Gasteiger partial charge in [0.15, 0.2) is 0 Å². The van der Waals surface area contributed by atoms with Gasteiger partial charge in [0.1, 0.15) is 0 Å². The van der Waals surface area contributed by atoms with Gasteiger partial charge in [-0.2, -0.15) is 0 Å². The number of H-pyrrole nitrogens is 1. The van der Waals surface area contributed by atoms with Crippen molar-refractivity contribution in [3.63, 3.8) is 0 Å². The lowest BCUT2D eigenvalue weighted by Crippen LogP contribution is -2.16. The van der Waals surface area contributed by atoms with Gasteiger partial charge < -0.3 is 10.3 Å². The molecule has 0 aliphatic heterocycles. The van der Waals surface area contributed by atoms with E-state index < -0.39 is 6.43 Å². The van der Waals surface area contributed by atoms with Crippen LogP contribution in [0, 0.1) is 0 Å². The number of hydrogen-bond donors (Lipinski definition) is 2. The Morgan fingerprint density at radius 1 is 1.33 bits per heavy atom. The van der Waals surface area contributed by atoms with Gasteiger partial charge in [-0.25, -0.2) is 13.8 Å². The number of hydrogen-bond acceptors (Lipinski definition) is 2. The fraction of sp³-hybridized carbons (Fsp3) is 0.308. The fourth-order valence-electron chi connectivity index (χ4n) is 1.72. The lowest BCUT2D eigenvalue weighted by molar-refractivity contribution is 0.151. The van der Waals surface area contributed by atoms with Crippen molar-refractivity contribution in [2.45, 2.75) is 19.4 Å². The molecule has 0 bridgehead atoms. The number of halogens is 2. The highest BCUT2D eigenvalue weighted by Crippen LogP contribution is 2.19. The first-order valence-corrected chi connectivity index (χ1v) is 5.80. The largest absolute Gasteiger partial charge is 0.348 e. The van der Waals surface area contributed by atoms with Crippen LogP contribution in [0.25, 0.3) is 0 Å². The van der Waals surface area contributed by atoms with E-state index in [1.807, 2.05) is 6.07 Å². The van der Waals surface area contributed by atoms with Crippen LogP contribution in [0.2, 0.25) is 0 Å². The minimum Gasteiger partial charge on any atom is -0.348 e. The number of aromatic amines is 1. The topological polar surface area (TPSA) is 40.7 Å². The van der Waals surface area contributed by atoms with Crippen LogP contribution in [-0.2, 0) is 13.0 Å². The van der Waals surface area contributed by atoms with Crippen molar-refractivity contribution in [3.05, 3.63) is 53.6 Å². The monoisotopic (exact) mass is 251 g/mol. The molecule has 0 saturated heterocycles. The van der Waals surface area contributed by atoms with Gasteiger partial charge in [0.05, 0.1) is 6.33 Å². The molecular weight excluding hydrogens is 236 g/mol. The number of imidazole rings is 1. The normalized spacial score (nSPS) is 11.1. The van der Waals surface area contributed by atoms with Crippen LogP contribution in [0.1, 0.15) is 23.2 Å². The van der Waals surface area contributed by atoms with E-state index in [0.717, 1.165) is 24.2 Å².